The molecule has 9 nitrogen and oxygen atoms in total. The summed E-state index contributed by atoms with van der Waals surface area (Å²) >= 11 is 0. The van der Waals surface area contributed by atoms with Crippen LogP contribution in [0.15, 0.2) is 59.5 Å². The molecule has 0 aliphatic carbocycles. The summed E-state index contributed by atoms with van der Waals surface area (Å²) in [6, 6.07) is 14.8. The van der Waals surface area contributed by atoms with E-state index in [1.54, 1.807) is 4.90 Å². The molecular weight excluding hydrogens is 434 g/mol. The molecule has 0 radical (unpaired) electrons. The highest BCUT2D eigenvalue weighted by Crippen LogP contribution is 2.14. The number of hydrogen-bond donors (Lipinski definition) is 2. The number of nitrogens with one attached hydrogen (secondary N) is 2. The minimum absolute atomic E-state index is 0.0793. The number of carbonyl (C=O) groups is 3. The van der Waals surface area contributed by atoms with Crippen LogP contribution in [0.2, 0.25) is 0 Å². The molecule has 2 amide bonds. The predicted molar refractivity (Wildman–Crippen MR) is 119 cm³/mol. The molecule has 10 heteroatoms. The average Bonchev–Trinajstić information content (AvgIpc) is 2.75. The second-order valence-corrected chi connectivity index (χ2v) is 9.06. The first kappa shape index (κ1) is 25.0. The Balaban J connectivity index is 1.87. The van der Waals surface area contributed by atoms with Gasteiger partial charge in [-0.3, -0.25) is 14.4 Å². The molecule has 0 aliphatic heterocycles. The summed E-state index contributed by atoms with van der Waals surface area (Å²) in [5.74, 6) is -1.54. The number of carbonyl (C=O) groups excluding carboxylic acids is 3. The van der Waals surface area contributed by atoms with Gasteiger partial charge in [-0.25, -0.2) is 8.42 Å². The zero-order chi connectivity index (χ0) is 23.7. The van der Waals surface area contributed by atoms with E-state index in [4.69, 9.17) is 4.74 Å². The Labute approximate surface area is 187 Å². The Morgan fingerprint density at radius 1 is 1.00 bits per heavy atom. The van der Waals surface area contributed by atoms with Crippen LogP contribution in [0.5, 0.6) is 0 Å². The van der Waals surface area contributed by atoms with Gasteiger partial charge in [-0.05, 0) is 43.7 Å². The van der Waals surface area contributed by atoms with Crippen molar-refractivity contribution in [3.8, 4) is 0 Å². The summed E-state index contributed by atoms with van der Waals surface area (Å²) in [6.45, 7) is 4.31. The molecule has 2 aromatic carbocycles. The van der Waals surface area contributed by atoms with Gasteiger partial charge in [-0.1, -0.05) is 30.3 Å². The SMILES string of the molecule is CC(=O)Nc1ccc(S(=O)(=O)NCC(=O)OCC(=O)N(Cc2ccccc2)C(C)C)cc1. The van der Waals surface area contributed by atoms with Crippen LogP contribution < -0.4 is 10.0 Å². The molecule has 172 valence electrons. The van der Waals surface area contributed by atoms with Gasteiger partial charge < -0.3 is 15.0 Å². The topological polar surface area (TPSA) is 122 Å². The van der Waals surface area contributed by atoms with Gasteiger partial charge >= 0.3 is 5.97 Å². The first-order chi connectivity index (χ1) is 15.1. The quantitative estimate of drug-likeness (QED) is 0.521. The van der Waals surface area contributed by atoms with Gasteiger partial charge in [0.2, 0.25) is 15.9 Å². The lowest BCUT2D eigenvalue weighted by Crippen LogP contribution is -2.40. The maximum atomic E-state index is 12.5. The van der Waals surface area contributed by atoms with Crippen LogP contribution in [0.3, 0.4) is 0 Å². The Hall–Kier alpha value is -3.24. The number of hydrogen-bond acceptors (Lipinski definition) is 6. The third-order valence-corrected chi connectivity index (χ3v) is 5.80. The molecule has 0 saturated heterocycles. The predicted octanol–water partition coefficient (Wildman–Crippen LogP) is 1.90. The summed E-state index contributed by atoms with van der Waals surface area (Å²) in [5, 5.41) is 2.53. The Kier molecular flexibility index (Phi) is 8.91. The summed E-state index contributed by atoms with van der Waals surface area (Å²) in [4.78, 5) is 37.0. The number of sulfonamides is 1. The van der Waals surface area contributed by atoms with E-state index in [9.17, 15) is 22.8 Å². The number of rotatable bonds is 10. The third kappa shape index (κ3) is 7.78. The van der Waals surface area contributed by atoms with E-state index in [-0.39, 0.29) is 22.8 Å². The van der Waals surface area contributed by atoms with E-state index < -0.39 is 29.1 Å². The fourth-order valence-corrected chi connectivity index (χ4v) is 3.74. The molecule has 0 saturated carbocycles. The van der Waals surface area contributed by atoms with Crippen LogP contribution in [0.4, 0.5) is 5.69 Å². The molecule has 0 bridgehead atoms. The van der Waals surface area contributed by atoms with Crippen molar-refractivity contribution in [2.45, 2.75) is 38.3 Å². The summed E-state index contributed by atoms with van der Waals surface area (Å²) in [7, 11) is -3.97. The highest BCUT2D eigenvalue weighted by atomic mass is 32.2. The van der Waals surface area contributed by atoms with Crippen LogP contribution in [-0.4, -0.2) is 50.3 Å². The lowest BCUT2D eigenvalue weighted by molar-refractivity contribution is -0.152. The van der Waals surface area contributed by atoms with Gasteiger partial charge in [0.15, 0.2) is 6.61 Å². The van der Waals surface area contributed by atoms with E-state index in [0.29, 0.717) is 12.2 Å². The molecule has 0 aromatic heterocycles. The van der Waals surface area contributed by atoms with Crippen molar-refractivity contribution >= 4 is 33.5 Å². The average molecular weight is 462 g/mol. The zero-order valence-corrected chi connectivity index (χ0v) is 19.0. The van der Waals surface area contributed by atoms with Crippen LogP contribution in [0.1, 0.15) is 26.3 Å². The molecular formula is C22H27N3O6S. The molecule has 0 aliphatic rings. The van der Waals surface area contributed by atoms with E-state index >= 15 is 0 Å². The van der Waals surface area contributed by atoms with Gasteiger partial charge in [0, 0.05) is 25.2 Å². The second-order valence-electron chi connectivity index (χ2n) is 7.29. The second kappa shape index (κ2) is 11.4. The van der Waals surface area contributed by atoms with E-state index in [2.05, 4.69) is 10.0 Å². The lowest BCUT2D eigenvalue weighted by Gasteiger charge is -2.26. The van der Waals surface area contributed by atoms with E-state index in [1.807, 2.05) is 44.2 Å². The summed E-state index contributed by atoms with van der Waals surface area (Å²) < 4.78 is 31.8. The molecule has 0 unspecified atom stereocenters. The molecule has 2 aromatic rings. The molecule has 0 atom stereocenters. The van der Waals surface area contributed by atoms with Crippen molar-refractivity contribution in [3.63, 3.8) is 0 Å². The Morgan fingerprint density at radius 3 is 2.19 bits per heavy atom. The smallest absolute Gasteiger partial charge is 0.321 e. The van der Waals surface area contributed by atoms with Crippen molar-refractivity contribution < 1.29 is 27.5 Å². The summed E-state index contributed by atoms with van der Waals surface area (Å²) in [6.07, 6.45) is 0. The van der Waals surface area contributed by atoms with Crippen LogP contribution >= 0.6 is 0 Å². The van der Waals surface area contributed by atoms with Crippen molar-refractivity contribution in [2.24, 2.45) is 0 Å². The van der Waals surface area contributed by atoms with E-state index in [0.717, 1.165) is 5.56 Å². The fourth-order valence-electron chi connectivity index (χ4n) is 2.77. The fraction of sp³-hybridized carbons (Fsp3) is 0.318. The van der Waals surface area contributed by atoms with Gasteiger partial charge in [0.1, 0.15) is 6.54 Å². The van der Waals surface area contributed by atoms with Crippen molar-refractivity contribution in [1.29, 1.82) is 0 Å². The highest BCUT2D eigenvalue weighted by Gasteiger charge is 2.20. The standard InChI is InChI=1S/C22H27N3O6S/c1-16(2)25(14-18-7-5-4-6-8-18)21(27)15-31-22(28)13-23-32(29,30)20-11-9-19(10-12-20)24-17(3)26/h4-12,16,23H,13-15H2,1-3H3,(H,24,26). The van der Waals surface area contributed by atoms with Gasteiger partial charge in [0.05, 0.1) is 4.90 Å². The minimum atomic E-state index is -3.97. The summed E-state index contributed by atoms with van der Waals surface area (Å²) in [5.41, 5.74) is 1.39. The lowest BCUT2D eigenvalue weighted by atomic mass is 10.2. The van der Waals surface area contributed by atoms with Crippen LogP contribution in [0.25, 0.3) is 0 Å². The largest absolute Gasteiger partial charge is 0.455 e. The molecule has 0 spiro atoms. The number of ether oxygens (including phenoxy) is 1. The third-order valence-electron chi connectivity index (χ3n) is 4.39. The van der Waals surface area contributed by atoms with Crippen LogP contribution in [0, 0.1) is 0 Å². The normalized spacial score (nSPS) is 11.1. The molecule has 2 N–H and O–H groups in total. The first-order valence-corrected chi connectivity index (χ1v) is 11.4. The van der Waals surface area contributed by atoms with Crippen molar-refractivity contribution in [1.82, 2.24) is 9.62 Å². The van der Waals surface area contributed by atoms with Crippen molar-refractivity contribution in [2.75, 3.05) is 18.5 Å². The van der Waals surface area contributed by atoms with Gasteiger partial charge in [-0.2, -0.15) is 4.72 Å². The molecule has 0 fully saturated rings. The number of amides is 2. The molecule has 0 heterocycles. The maximum absolute atomic E-state index is 12.5. The Morgan fingerprint density at radius 2 is 1.62 bits per heavy atom. The minimum Gasteiger partial charge on any atom is -0.455 e. The van der Waals surface area contributed by atoms with E-state index in [1.165, 1.54) is 31.2 Å². The van der Waals surface area contributed by atoms with Crippen molar-refractivity contribution in [3.05, 3.63) is 60.2 Å². The monoisotopic (exact) mass is 461 g/mol. The highest BCUT2D eigenvalue weighted by molar-refractivity contribution is 7.89. The number of esters is 1. The number of anilines is 1. The van der Waals surface area contributed by atoms with Gasteiger partial charge in [-0.15, -0.1) is 0 Å². The first-order valence-electron chi connectivity index (χ1n) is 9.95. The number of nitrogens with zero attached hydrogens (tertiary/aromatic N) is 1. The number of benzene rings is 2. The van der Waals surface area contributed by atoms with Crippen LogP contribution in [-0.2, 0) is 35.7 Å². The Bertz CT molecular complexity index is 1040. The molecule has 32 heavy (non-hydrogen) atoms. The maximum Gasteiger partial charge on any atom is 0.321 e. The van der Waals surface area contributed by atoms with Gasteiger partial charge in [0.25, 0.3) is 5.91 Å². The molecule has 2 rings (SSSR count). The zero-order valence-electron chi connectivity index (χ0n) is 18.2.